The second-order valence-corrected chi connectivity index (χ2v) is 6.77. The molecule has 0 aliphatic heterocycles. The number of amidine groups is 1. The first-order valence-electron chi connectivity index (χ1n) is 7.74. The van der Waals surface area contributed by atoms with Crippen molar-refractivity contribution in [1.82, 2.24) is 15.1 Å². The maximum Gasteiger partial charge on any atom is 0.259 e. The molecule has 0 bridgehead atoms. The Morgan fingerprint density at radius 2 is 2.09 bits per heavy atom. The van der Waals surface area contributed by atoms with Crippen molar-refractivity contribution in [3.8, 4) is 0 Å². The number of nitrogens with one attached hydrogen (secondary N) is 2. The number of amides is 1. The molecule has 0 radical (unpaired) electrons. The first kappa shape index (κ1) is 15.9. The van der Waals surface area contributed by atoms with E-state index in [-0.39, 0.29) is 17.2 Å². The van der Waals surface area contributed by atoms with Crippen molar-refractivity contribution in [3.63, 3.8) is 0 Å². The number of aromatic nitrogens is 2. The summed E-state index contributed by atoms with van der Waals surface area (Å²) in [6.07, 6.45) is 6.10. The van der Waals surface area contributed by atoms with Crippen LogP contribution in [0.1, 0.15) is 42.1 Å². The number of benzene rings is 1. The quantitative estimate of drug-likeness (QED) is 0.634. The summed E-state index contributed by atoms with van der Waals surface area (Å²) >= 11 is 3.44. The minimum Gasteiger partial charge on any atom is -0.310 e. The van der Waals surface area contributed by atoms with E-state index < -0.39 is 0 Å². The fraction of sp³-hybridized carbons (Fsp3) is 0.353. The van der Waals surface area contributed by atoms with Gasteiger partial charge in [0, 0.05) is 17.2 Å². The summed E-state index contributed by atoms with van der Waals surface area (Å²) in [6, 6.07) is 8.02. The molecular weight excluding hydrogens is 356 g/mol. The Morgan fingerprint density at radius 1 is 1.39 bits per heavy atom. The molecule has 1 aliphatic rings. The maximum absolute atomic E-state index is 12.3. The maximum atomic E-state index is 12.3. The van der Waals surface area contributed by atoms with Gasteiger partial charge in [-0.15, -0.1) is 0 Å². The molecule has 120 valence electrons. The predicted molar refractivity (Wildman–Crippen MR) is 92.8 cm³/mol. The number of carbonyl (C=O) groups excluding carboxylic acids is 1. The summed E-state index contributed by atoms with van der Waals surface area (Å²) in [5.41, 5.74) is 1.21. The molecule has 2 N–H and O–H groups in total. The van der Waals surface area contributed by atoms with Crippen LogP contribution in [-0.4, -0.2) is 21.5 Å². The van der Waals surface area contributed by atoms with Crippen LogP contribution in [0.15, 0.2) is 41.1 Å². The third-order valence-electron chi connectivity index (χ3n) is 4.54. The molecule has 2 aromatic rings. The van der Waals surface area contributed by atoms with Gasteiger partial charge < -0.3 is 5.32 Å². The summed E-state index contributed by atoms with van der Waals surface area (Å²) < 4.78 is 2.71. The van der Waals surface area contributed by atoms with Crippen LogP contribution in [0.4, 0.5) is 0 Å². The zero-order chi connectivity index (χ0) is 16.4. The largest absolute Gasteiger partial charge is 0.310 e. The van der Waals surface area contributed by atoms with Gasteiger partial charge in [-0.3, -0.25) is 14.9 Å². The standard InChI is InChI=1S/C17H19BrN4O/c1-2-22-11-12(10-20-22)15(23)21-16(19)17(8-3-9-17)13-4-6-14(18)7-5-13/h4-7,10-11H,2-3,8-9H2,1H3,(H2,19,21,23). The Labute approximate surface area is 143 Å². The molecule has 0 saturated heterocycles. The summed E-state index contributed by atoms with van der Waals surface area (Å²) in [5.74, 6) is 0.0124. The first-order chi connectivity index (χ1) is 11.0. The van der Waals surface area contributed by atoms with Crippen LogP contribution in [-0.2, 0) is 12.0 Å². The fourth-order valence-corrected chi connectivity index (χ4v) is 3.21. The number of hydrogen-bond acceptors (Lipinski definition) is 3. The van der Waals surface area contributed by atoms with Crippen LogP contribution in [0, 0.1) is 5.41 Å². The van der Waals surface area contributed by atoms with E-state index in [2.05, 4.69) is 26.3 Å². The lowest BCUT2D eigenvalue weighted by molar-refractivity contribution is 0.0972. The highest BCUT2D eigenvalue weighted by Crippen LogP contribution is 2.44. The summed E-state index contributed by atoms with van der Waals surface area (Å²) in [6.45, 7) is 2.68. The molecule has 1 aromatic heterocycles. The molecule has 6 heteroatoms. The Balaban J connectivity index is 1.77. The lowest BCUT2D eigenvalue weighted by Gasteiger charge is -2.42. The van der Waals surface area contributed by atoms with Crippen molar-refractivity contribution >= 4 is 27.7 Å². The van der Waals surface area contributed by atoms with Gasteiger partial charge in [0.1, 0.15) is 5.84 Å². The molecule has 1 saturated carbocycles. The van der Waals surface area contributed by atoms with Crippen LogP contribution >= 0.6 is 15.9 Å². The minimum atomic E-state index is -0.364. The molecule has 1 heterocycles. The van der Waals surface area contributed by atoms with Crippen LogP contribution in [0.25, 0.3) is 0 Å². The van der Waals surface area contributed by atoms with Gasteiger partial charge in [0.2, 0.25) is 0 Å². The number of carbonyl (C=O) groups is 1. The highest BCUT2D eigenvalue weighted by molar-refractivity contribution is 9.10. The van der Waals surface area contributed by atoms with E-state index >= 15 is 0 Å². The number of rotatable bonds is 4. The van der Waals surface area contributed by atoms with Crippen molar-refractivity contribution in [2.75, 3.05) is 0 Å². The summed E-state index contributed by atoms with van der Waals surface area (Å²) in [4.78, 5) is 12.3. The Kier molecular flexibility index (Phi) is 4.35. The zero-order valence-electron chi connectivity index (χ0n) is 13.0. The Bertz CT molecular complexity index is 731. The molecule has 0 atom stereocenters. The second kappa shape index (κ2) is 6.28. The average Bonchev–Trinajstić information content (AvgIpc) is 2.97. The van der Waals surface area contributed by atoms with Crippen LogP contribution < -0.4 is 5.32 Å². The Morgan fingerprint density at radius 3 is 2.61 bits per heavy atom. The smallest absolute Gasteiger partial charge is 0.259 e. The van der Waals surface area contributed by atoms with Gasteiger partial charge >= 0.3 is 0 Å². The summed E-state index contributed by atoms with van der Waals surface area (Å²) in [7, 11) is 0. The van der Waals surface area contributed by atoms with Gasteiger partial charge in [0.25, 0.3) is 5.91 Å². The molecule has 5 nitrogen and oxygen atoms in total. The van der Waals surface area contributed by atoms with Crippen LogP contribution in [0.3, 0.4) is 0 Å². The van der Waals surface area contributed by atoms with Crippen LogP contribution in [0.2, 0.25) is 0 Å². The third-order valence-corrected chi connectivity index (χ3v) is 5.07. The van der Waals surface area contributed by atoms with Crippen molar-refractivity contribution in [1.29, 1.82) is 5.41 Å². The monoisotopic (exact) mass is 374 g/mol. The molecule has 1 aliphatic carbocycles. The van der Waals surface area contributed by atoms with E-state index in [9.17, 15) is 4.79 Å². The third kappa shape index (κ3) is 2.95. The van der Waals surface area contributed by atoms with E-state index in [1.165, 1.54) is 0 Å². The highest BCUT2D eigenvalue weighted by atomic mass is 79.9. The first-order valence-corrected chi connectivity index (χ1v) is 8.53. The van der Waals surface area contributed by atoms with Crippen molar-refractivity contribution < 1.29 is 4.79 Å². The van der Waals surface area contributed by atoms with Crippen molar-refractivity contribution in [3.05, 3.63) is 52.3 Å². The zero-order valence-corrected chi connectivity index (χ0v) is 14.6. The van der Waals surface area contributed by atoms with Crippen molar-refractivity contribution in [2.45, 2.75) is 38.1 Å². The predicted octanol–water partition coefficient (Wildman–Crippen LogP) is 3.49. The second-order valence-electron chi connectivity index (χ2n) is 5.86. The van der Waals surface area contributed by atoms with Gasteiger partial charge in [0.05, 0.1) is 17.2 Å². The normalized spacial score (nSPS) is 15.7. The lowest BCUT2D eigenvalue weighted by atomic mass is 9.63. The van der Waals surface area contributed by atoms with Gasteiger partial charge in [-0.1, -0.05) is 34.5 Å². The number of aryl methyl sites for hydroxylation is 1. The minimum absolute atomic E-state index is 0.266. The van der Waals surface area contributed by atoms with Gasteiger partial charge in [-0.25, -0.2) is 0 Å². The van der Waals surface area contributed by atoms with E-state index in [0.717, 1.165) is 29.3 Å². The van der Waals surface area contributed by atoms with Gasteiger partial charge in [0.15, 0.2) is 0 Å². The van der Waals surface area contributed by atoms with Gasteiger partial charge in [-0.05, 0) is 37.5 Å². The topological polar surface area (TPSA) is 70.8 Å². The molecule has 1 amide bonds. The number of hydrogen-bond donors (Lipinski definition) is 2. The van der Waals surface area contributed by atoms with E-state index in [1.807, 2.05) is 31.2 Å². The lowest BCUT2D eigenvalue weighted by Crippen LogP contribution is -2.50. The van der Waals surface area contributed by atoms with E-state index in [1.54, 1.807) is 17.1 Å². The average molecular weight is 375 g/mol. The highest BCUT2D eigenvalue weighted by Gasteiger charge is 2.43. The molecule has 1 aromatic carbocycles. The summed E-state index contributed by atoms with van der Waals surface area (Å²) in [5, 5.41) is 15.3. The van der Waals surface area contributed by atoms with E-state index in [0.29, 0.717) is 12.1 Å². The molecule has 0 spiro atoms. The molecular formula is C17H19BrN4O. The van der Waals surface area contributed by atoms with Crippen molar-refractivity contribution in [2.24, 2.45) is 0 Å². The molecule has 3 rings (SSSR count). The van der Waals surface area contributed by atoms with E-state index in [4.69, 9.17) is 5.41 Å². The van der Waals surface area contributed by atoms with Gasteiger partial charge in [-0.2, -0.15) is 5.10 Å². The molecule has 0 unspecified atom stereocenters. The Hall–Kier alpha value is -1.95. The van der Waals surface area contributed by atoms with Crippen LogP contribution in [0.5, 0.6) is 0 Å². The molecule has 1 fully saturated rings. The molecule has 23 heavy (non-hydrogen) atoms. The number of nitrogens with zero attached hydrogens (tertiary/aromatic N) is 2. The fourth-order valence-electron chi connectivity index (χ4n) is 2.94. The number of halogens is 1. The SMILES string of the molecule is CCn1cc(C(=O)NC(=N)C2(c3ccc(Br)cc3)CCC2)cn1.